The molecule has 0 radical (unpaired) electrons. The van der Waals surface area contributed by atoms with Crippen molar-refractivity contribution in [3.05, 3.63) is 41.7 Å². The lowest BCUT2D eigenvalue weighted by Crippen LogP contribution is -2.35. The summed E-state index contributed by atoms with van der Waals surface area (Å²) in [6, 6.07) is 7.26. The standard InChI is InChI=1S/C15H19N3O3/c1-3-11-6-4-5-7-12(11)18-8-13(20)14(17-18)15(21)16-10(2)9-19/h4-8,10,19-20H,3,9H2,1-2H3,(H,16,21). The van der Waals surface area contributed by atoms with Crippen LogP contribution in [0, 0.1) is 0 Å². The van der Waals surface area contributed by atoms with E-state index in [4.69, 9.17) is 5.11 Å². The maximum atomic E-state index is 12.0. The number of aliphatic hydroxyl groups is 1. The summed E-state index contributed by atoms with van der Waals surface area (Å²) in [6.45, 7) is 3.52. The fourth-order valence-electron chi connectivity index (χ4n) is 2.02. The molecule has 1 atom stereocenters. The number of amides is 1. The monoisotopic (exact) mass is 289 g/mol. The zero-order valence-corrected chi connectivity index (χ0v) is 12.1. The van der Waals surface area contributed by atoms with Gasteiger partial charge in [0.15, 0.2) is 11.4 Å². The first-order valence-corrected chi connectivity index (χ1v) is 6.85. The summed E-state index contributed by atoms with van der Waals surface area (Å²) in [5.74, 6) is -0.703. The normalized spacial score (nSPS) is 12.1. The van der Waals surface area contributed by atoms with E-state index in [-0.39, 0.29) is 18.1 Å². The van der Waals surface area contributed by atoms with Crippen LogP contribution < -0.4 is 5.32 Å². The third kappa shape index (κ3) is 3.22. The Kier molecular flexibility index (Phi) is 4.59. The lowest BCUT2D eigenvalue weighted by Gasteiger charge is -2.09. The van der Waals surface area contributed by atoms with E-state index >= 15 is 0 Å². The number of aliphatic hydroxyl groups excluding tert-OH is 1. The van der Waals surface area contributed by atoms with E-state index in [1.165, 1.54) is 10.9 Å². The second kappa shape index (κ2) is 6.41. The van der Waals surface area contributed by atoms with E-state index in [9.17, 15) is 9.90 Å². The van der Waals surface area contributed by atoms with Crippen LogP contribution in [0.2, 0.25) is 0 Å². The van der Waals surface area contributed by atoms with Crippen molar-refractivity contribution in [3.63, 3.8) is 0 Å². The Hall–Kier alpha value is -2.34. The number of aromatic nitrogens is 2. The van der Waals surface area contributed by atoms with Crippen LogP contribution in [-0.4, -0.2) is 38.5 Å². The summed E-state index contributed by atoms with van der Waals surface area (Å²) in [6.07, 6.45) is 2.23. The maximum Gasteiger partial charge on any atom is 0.275 e. The van der Waals surface area contributed by atoms with Crippen LogP contribution in [0.3, 0.4) is 0 Å². The Balaban J connectivity index is 2.33. The smallest absolute Gasteiger partial charge is 0.275 e. The van der Waals surface area contributed by atoms with Gasteiger partial charge in [-0.25, -0.2) is 4.68 Å². The van der Waals surface area contributed by atoms with E-state index in [0.29, 0.717) is 0 Å². The quantitative estimate of drug-likeness (QED) is 0.773. The van der Waals surface area contributed by atoms with Gasteiger partial charge in [0.05, 0.1) is 18.5 Å². The molecular formula is C15H19N3O3. The maximum absolute atomic E-state index is 12.0. The second-order valence-corrected chi connectivity index (χ2v) is 4.85. The van der Waals surface area contributed by atoms with Crippen molar-refractivity contribution < 1.29 is 15.0 Å². The van der Waals surface area contributed by atoms with Crippen molar-refractivity contribution in [2.24, 2.45) is 0 Å². The molecule has 1 aromatic heterocycles. The van der Waals surface area contributed by atoms with Gasteiger partial charge in [-0.1, -0.05) is 25.1 Å². The number of hydrogen-bond donors (Lipinski definition) is 3. The van der Waals surface area contributed by atoms with Crippen LogP contribution >= 0.6 is 0 Å². The average Bonchev–Trinajstić information content (AvgIpc) is 2.88. The van der Waals surface area contributed by atoms with Gasteiger partial charge in [0.1, 0.15) is 0 Å². The predicted molar refractivity (Wildman–Crippen MR) is 78.6 cm³/mol. The molecule has 6 heteroatoms. The van der Waals surface area contributed by atoms with Gasteiger partial charge in [-0.2, -0.15) is 5.10 Å². The van der Waals surface area contributed by atoms with Gasteiger partial charge in [0, 0.05) is 6.04 Å². The van der Waals surface area contributed by atoms with Crippen LogP contribution in [0.5, 0.6) is 5.75 Å². The van der Waals surface area contributed by atoms with E-state index in [2.05, 4.69) is 10.4 Å². The van der Waals surface area contributed by atoms with E-state index in [1.807, 2.05) is 31.2 Å². The third-order valence-electron chi connectivity index (χ3n) is 3.18. The molecular weight excluding hydrogens is 270 g/mol. The van der Waals surface area contributed by atoms with Crippen LogP contribution in [0.4, 0.5) is 0 Å². The minimum Gasteiger partial charge on any atom is -0.504 e. The SMILES string of the molecule is CCc1ccccc1-n1cc(O)c(C(=O)NC(C)CO)n1. The number of para-hydroxylation sites is 1. The fraction of sp³-hybridized carbons (Fsp3) is 0.333. The summed E-state index contributed by atoms with van der Waals surface area (Å²) in [7, 11) is 0. The minimum atomic E-state index is -0.512. The van der Waals surface area contributed by atoms with Crippen molar-refractivity contribution >= 4 is 5.91 Å². The van der Waals surface area contributed by atoms with Gasteiger partial charge in [0.25, 0.3) is 5.91 Å². The van der Waals surface area contributed by atoms with Gasteiger partial charge >= 0.3 is 0 Å². The second-order valence-electron chi connectivity index (χ2n) is 4.85. The van der Waals surface area contributed by atoms with Gasteiger partial charge in [0.2, 0.25) is 0 Å². The number of carbonyl (C=O) groups excluding carboxylic acids is 1. The van der Waals surface area contributed by atoms with Gasteiger partial charge in [-0.15, -0.1) is 0 Å². The van der Waals surface area contributed by atoms with Crippen molar-refractivity contribution in [3.8, 4) is 11.4 Å². The van der Waals surface area contributed by atoms with Crippen LogP contribution in [0.1, 0.15) is 29.9 Å². The molecule has 2 aromatic rings. The number of carbonyl (C=O) groups is 1. The molecule has 3 N–H and O–H groups in total. The van der Waals surface area contributed by atoms with Crippen molar-refractivity contribution in [1.29, 1.82) is 0 Å². The molecule has 6 nitrogen and oxygen atoms in total. The van der Waals surface area contributed by atoms with E-state index in [0.717, 1.165) is 17.7 Å². The molecule has 1 unspecified atom stereocenters. The summed E-state index contributed by atoms with van der Waals surface area (Å²) < 4.78 is 1.49. The fourth-order valence-corrected chi connectivity index (χ4v) is 2.02. The average molecular weight is 289 g/mol. The number of aromatic hydroxyl groups is 1. The van der Waals surface area contributed by atoms with Crippen molar-refractivity contribution in [2.75, 3.05) is 6.61 Å². The molecule has 0 bridgehead atoms. The lowest BCUT2D eigenvalue weighted by molar-refractivity contribution is 0.0914. The Morgan fingerprint density at radius 1 is 1.43 bits per heavy atom. The molecule has 0 aliphatic rings. The topological polar surface area (TPSA) is 87.4 Å². The van der Waals surface area contributed by atoms with Crippen LogP contribution in [0.25, 0.3) is 5.69 Å². The van der Waals surface area contributed by atoms with E-state index < -0.39 is 11.9 Å². The molecule has 0 aliphatic heterocycles. The predicted octanol–water partition coefficient (Wildman–Crippen LogP) is 1.25. The molecule has 1 aromatic carbocycles. The van der Waals surface area contributed by atoms with Crippen LogP contribution in [0.15, 0.2) is 30.5 Å². The van der Waals surface area contributed by atoms with Crippen molar-refractivity contribution in [2.45, 2.75) is 26.3 Å². The zero-order valence-electron chi connectivity index (χ0n) is 12.1. The third-order valence-corrected chi connectivity index (χ3v) is 3.18. The highest BCUT2D eigenvalue weighted by Crippen LogP contribution is 2.21. The Bertz CT molecular complexity index is 637. The van der Waals surface area contributed by atoms with Crippen molar-refractivity contribution in [1.82, 2.24) is 15.1 Å². The summed E-state index contributed by atoms with van der Waals surface area (Å²) >= 11 is 0. The molecule has 0 aliphatic carbocycles. The highest BCUT2D eigenvalue weighted by molar-refractivity contribution is 5.95. The Morgan fingerprint density at radius 3 is 2.81 bits per heavy atom. The number of aryl methyl sites for hydroxylation is 1. The number of nitrogens with one attached hydrogen (secondary N) is 1. The number of rotatable bonds is 5. The first-order chi connectivity index (χ1) is 10.1. The molecule has 21 heavy (non-hydrogen) atoms. The van der Waals surface area contributed by atoms with E-state index in [1.54, 1.807) is 6.92 Å². The Labute approximate surface area is 123 Å². The molecule has 2 rings (SSSR count). The highest BCUT2D eigenvalue weighted by Gasteiger charge is 2.19. The largest absolute Gasteiger partial charge is 0.504 e. The highest BCUT2D eigenvalue weighted by atomic mass is 16.3. The number of hydrogen-bond acceptors (Lipinski definition) is 4. The summed E-state index contributed by atoms with van der Waals surface area (Å²) in [4.78, 5) is 12.0. The van der Waals surface area contributed by atoms with Gasteiger partial charge < -0.3 is 15.5 Å². The molecule has 1 amide bonds. The molecule has 1 heterocycles. The number of benzene rings is 1. The first-order valence-electron chi connectivity index (χ1n) is 6.85. The van der Waals surface area contributed by atoms with Gasteiger partial charge in [-0.05, 0) is 25.0 Å². The van der Waals surface area contributed by atoms with Crippen LogP contribution in [-0.2, 0) is 6.42 Å². The number of nitrogens with zero attached hydrogens (tertiary/aromatic N) is 2. The molecule has 0 fully saturated rings. The molecule has 0 spiro atoms. The summed E-state index contributed by atoms with van der Waals surface area (Å²) in [5.41, 5.74) is 1.83. The molecule has 0 saturated carbocycles. The zero-order chi connectivity index (χ0) is 15.4. The Morgan fingerprint density at radius 2 is 2.14 bits per heavy atom. The minimum absolute atomic E-state index is 0.0544. The lowest BCUT2D eigenvalue weighted by atomic mass is 10.1. The first kappa shape index (κ1) is 15.1. The molecule has 112 valence electrons. The van der Waals surface area contributed by atoms with Gasteiger partial charge in [-0.3, -0.25) is 4.79 Å². The summed E-state index contributed by atoms with van der Waals surface area (Å²) in [5, 5.41) is 25.6. The molecule has 0 saturated heterocycles.